The van der Waals surface area contributed by atoms with Crippen LogP contribution in [0.15, 0.2) is 48.5 Å². The van der Waals surface area contributed by atoms with Gasteiger partial charge in [-0.25, -0.2) is 0 Å². The monoisotopic (exact) mass is 259 g/mol. The van der Waals surface area contributed by atoms with Crippen molar-refractivity contribution >= 4 is 22.8 Å². The zero-order chi connectivity index (χ0) is 13.0. The first kappa shape index (κ1) is 12.5. The van der Waals surface area contributed by atoms with E-state index in [-0.39, 0.29) is 5.12 Å². The Labute approximate surface area is 110 Å². The largest absolute Gasteiger partial charge is 0.418 e. The zero-order valence-electron chi connectivity index (χ0n) is 9.92. The lowest BCUT2D eigenvalue weighted by molar-refractivity contribution is -0.109. The molecule has 0 atom stereocenters. The van der Waals surface area contributed by atoms with E-state index in [2.05, 4.69) is 0 Å². The van der Waals surface area contributed by atoms with Crippen LogP contribution in [-0.2, 0) is 4.79 Å². The van der Waals surface area contributed by atoms with Crippen LogP contribution >= 0.6 is 12.0 Å². The molecule has 2 aromatic rings. The predicted molar refractivity (Wildman–Crippen MR) is 75.2 cm³/mol. The van der Waals surface area contributed by atoms with E-state index in [9.17, 15) is 4.79 Å². The normalized spacial score (nSPS) is 10.1. The third-order valence-electron chi connectivity index (χ3n) is 2.35. The van der Waals surface area contributed by atoms with Crippen LogP contribution in [0.1, 0.15) is 6.92 Å². The first-order valence-electron chi connectivity index (χ1n) is 5.46. The number of hydrogen-bond donors (Lipinski definition) is 1. The molecule has 0 fully saturated rings. The summed E-state index contributed by atoms with van der Waals surface area (Å²) in [5, 5.41) is -0.0717. The number of carbonyl (C=O) groups is 1. The molecule has 3 nitrogen and oxygen atoms in total. The highest BCUT2D eigenvalue weighted by molar-refractivity contribution is 8.09. The molecule has 0 saturated carbocycles. The minimum absolute atomic E-state index is 0.0717. The molecule has 18 heavy (non-hydrogen) atoms. The van der Waals surface area contributed by atoms with Crippen LogP contribution in [0.25, 0.3) is 11.1 Å². The summed E-state index contributed by atoms with van der Waals surface area (Å²) in [7, 11) is 0. The average molecular weight is 259 g/mol. The summed E-state index contributed by atoms with van der Waals surface area (Å²) in [5.74, 6) is 0.661. The van der Waals surface area contributed by atoms with Gasteiger partial charge in [0.15, 0.2) is 0 Å². The lowest BCUT2D eigenvalue weighted by atomic mass is 10.1. The number of nitrogen functional groups attached to an aromatic ring is 1. The Kier molecular flexibility index (Phi) is 3.89. The van der Waals surface area contributed by atoms with Crippen molar-refractivity contribution in [1.82, 2.24) is 0 Å². The van der Waals surface area contributed by atoms with Crippen molar-refractivity contribution < 1.29 is 8.98 Å². The van der Waals surface area contributed by atoms with Crippen molar-refractivity contribution in [2.75, 3.05) is 5.73 Å². The summed E-state index contributed by atoms with van der Waals surface area (Å²) >= 11 is 0.833. The van der Waals surface area contributed by atoms with Gasteiger partial charge in [-0.3, -0.25) is 4.79 Å². The molecular weight excluding hydrogens is 246 g/mol. The minimum atomic E-state index is -0.0717. The maximum Gasteiger partial charge on any atom is 0.224 e. The molecule has 0 heterocycles. The molecule has 0 bridgehead atoms. The predicted octanol–water partition coefficient (Wildman–Crippen LogP) is 3.51. The summed E-state index contributed by atoms with van der Waals surface area (Å²) in [6, 6.07) is 15.2. The second-order valence-corrected chi connectivity index (χ2v) is 4.71. The Morgan fingerprint density at radius 3 is 2.00 bits per heavy atom. The minimum Gasteiger partial charge on any atom is -0.418 e. The second kappa shape index (κ2) is 5.60. The maximum atomic E-state index is 10.8. The molecule has 0 amide bonds. The number of anilines is 1. The molecule has 0 radical (unpaired) electrons. The van der Waals surface area contributed by atoms with Gasteiger partial charge in [-0.2, -0.15) is 0 Å². The Hall–Kier alpha value is -1.94. The Morgan fingerprint density at radius 1 is 1.00 bits per heavy atom. The summed E-state index contributed by atoms with van der Waals surface area (Å²) in [6.07, 6.45) is 0. The van der Waals surface area contributed by atoms with Gasteiger partial charge in [0.05, 0.1) is 0 Å². The quantitative estimate of drug-likeness (QED) is 0.677. The first-order valence-corrected chi connectivity index (χ1v) is 6.20. The van der Waals surface area contributed by atoms with Crippen molar-refractivity contribution in [3.05, 3.63) is 48.5 Å². The molecule has 2 N–H and O–H groups in total. The van der Waals surface area contributed by atoms with Crippen LogP contribution in [0, 0.1) is 0 Å². The second-order valence-electron chi connectivity index (χ2n) is 3.80. The molecule has 4 heteroatoms. The van der Waals surface area contributed by atoms with Gasteiger partial charge in [0.1, 0.15) is 17.8 Å². The lowest BCUT2D eigenvalue weighted by Crippen LogP contribution is -1.88. The van der Waals surface area contributed by atoms with Gasteiger partial charge in [0, 0.05) is 12.6 Å². The number of benzene rings is 2. The number of rotatable bonds is 3. The van der Waals surface area contributed by atoms with Crippen molar-refractivity contribution in [3.63, 3.8) is 0 Å². The standard InChI is InChI=1S/C14H13NO2S/c1-10(16)18-17-14-8-4-12(5-9-14)11-2-6-13(15)7-3-11/h2-9H,15H2,1H3. The Morgan fingerprint density at radius 2 is 1.50 bits per heavy atom. The fourth-order valence-corrected chi connectivity index (χ4v) is 1.81. The highest BCUT2D eigenvalue weighted by Crippen LogP contribution is 2.24. The van der Waals surface area contributed by atoms with Crippen LogP contribution < -0.4 is 9.92 Å². The van der Waals surface area contributed by atoms with Crippen molar-refractivity contribution in [3.8, 4) is 16.9 Å². The highest BCUT2D eigenvalue weighted by Gasteiger charge is 2.01. The van der Waals surface area contributed by atoms with E-state index in [1.165, 1.54) is 6.92 Å². The SMILES string of the molecule is CC(=O)SOc1ccc(-c2ccc(N)cc2)cc1. The lowest BCUT2D eigenvalue weighted by Gasteiger charge is -2.04. The average Bonchev–Trinajstić information content (AvgIpc) is 2.38. The molecular formula is C14H13NO2S. The Bertz CT molecular complexity index is 535. The Balaban J connectivity index is 2.12. The van der Waals surface area contributed by atoms with Crippen LogP contribution in [0.4, 0.5) is 5.69 Å². The van der Waals surface area contributed by atoms with Gasteiger partial charge < -0.3 is 9.92 Å². The highest BCUT2D eigenvalue weighted by atomic mass is 32.2. The van der Waals surface area contributed by atoms with E-state index in [0.29, 0.717) is 5.75 Å². The maximum absolute atomic E-state index is 10.8. The van der Waals surface area contributed by atoms with E-state index < -0.39 is 0 Å². The van der Waals surface area contributed by atoms with E-state index in [1.54, 1.807) is 0 Å². The summed E-state index contributed by atoms with van der Waals surface area (Å²) in [6.45, 7) is 1.47. The molecule has 92 valence electrons. The molecule has 2 rings (SSSR count). The zero-order valence-corrected chi connectivity index (χ0v) is 10.7. The van der Waals surface area contributed by atoms with Crippen molar-refractivity contribution in [1.29, 1.82) is 0 Å². The third-order valence-corrected chi connectivity index (χ3v) is 2.86. The van der Waals surface area contributed by atoms with E-state index in [4.69, 9.17) is 9.92 Å². The number of nitrogens with two attached hydrogens (primary N) is 1. The van der Waals surface area contributed by atoms with Crippen LogP contribution in [0.3, 0.4) is 0 Å². The van der Waals surface area contributed by atoms with Gasteiger partial charge in [-0.05, 0) is 35.4 Å². The molecule has 0 aliphatic heterocycles. The van der Waals surface area contributed by atoms with Gasteiger partial charge in [0.25, 0.3) is 0 Å². The fraction of sp³-hybridized carbons (Fsp3) is 0.0714. The molecule has 0 saturated heterocycles. The summed E-state index contributed by atoms with van der Waals surface area (Å²) < 4.78 is 5.22. The van der Waals surface area contributed by atoms with Gasteiger partial charge in [-0.1, -0.05) is 24.3 Å². The molecule has 0 aliphatic rings. The molecule has 2 aromatic carbocycles. The van der Waals surface area contributed by atoms with Gasteiger partial charge >= 0.3 is 0 Å². The number of carbonyl (C=O) groups excluding carboxylic acids is 1. The van der Waals surface area contributed by atoms with E-state index in [1.807, 2.05) is 48.5 Å². The molecule has 0 unspecified atom stereocenters. The first-order chi connectivity index (χ1) is 8.65. The van der Waals surface area contributed by atoms with Crippen LogP contribution in [-0.4, -0.2) is 5.12 Å². The third kappa shape index (κ3) is 3.28. The van der Waals surface area contributed by atoms with Crippen molar-refractivity contribution in [2.45, 2.75) is 6.92 Å². The summed E-state index contributed by atoms with van der Waals surface area (Å²) in [5.41, 5.74) is 8.56. The molecule has 0 spiro atoms. The van der Waals surface area contributed by atoms with Crippen molar-refractivity contribution in [2.24, 2.45) is 0 Å². The van der Waals surface area contributed by atoms with Crippen LogP contribution in [0.2, 0.25) is 0 Å². The molecule has 0 aliphatic carbocycles. The van der Waals surface area contributed by atoms with Crippen LogP contribution in [0.5, 0.6) is 5.75 Å². The molecule has 0 aromatic heterocycles. The summed E-state index contributed by atoms with van der Waals surface area (Å²) in [4.78, 5) is 10.8. The van der Waals surface area contributed by atoms with Gasteiger partial charge in [-0.15, -0.1) is 0 Å². The fourth-order valence-electron chi connectivity index (χ4n) is 1.49. The van der Waals surface area contributed by atoms with Gasteiger partial charge in [0.2, 0.25) is 5.12 Å². The smallest absolute Gasteiger partial charge is 0.224 e. The van der Waals surface area contributed by atoms with E-state index >= 15 is 0 Å². The van der Waals surface area contributed by atoms with E-state index in [0.717, 1.165) is 28.9 Å². The topological polar surface area (TPSA) is 52.3 Å². The number of hydrogen-bond acceptors (Lipinski definition) is 4.